The van der Waals surface area contributed by atoms with Crippen molar-refractivity contribution in [2.45, 2.75) is 37.8 Å². The second-order valence-corrected chi connectivity index (χ2v) is 4.20. The molecular formula is C12H15F2NO. The monoisotopic (exact) mass is 227 g/mol. The van der Waals surface area contributed by atoms with Gasteiger partial charge < -0.3 is 10.4 Å². The molecule has 0 aromatic heterocycles. The van der Waals surface area contributed by atoms with Gasteiger partial charge in [-0.15, -0.1) is 0 Å². The van der Waals surface area contributed by atoms with Crippen LogP contribution in [0.5, 0.6) is 0 Å². The SMILES string of the molecule is O[C@H]1CCCC[C@@H]1Nc1c(F)cccc1F. The van der Waals surface area contributed by atoms with Gasteiger partial charge in [0.05, 0.1) is 12.1 Å². The van der Waals surface area contributed by atoms with Crippen LogP contribution in [0.4, 0.5) is 14.5 Å². The number of benzene rings is 1. The Kier molecular flexibility index (Phi) is 3.39. The number of hydrogen-bond donors (Lipinski definition) is 2. The van der Waals surface area contributed by atoms with Crippen molar-refractivity contribution in [3.8, 4) is 0 Å². The Morgan fingerprint density at radius 2 is 1.75 bits per heavy atom. The average Bonchev–Trinajstić information content (AvgIpc) is 2.26. The first kappa shape index (κ1) is 11.3. The molecule has 0 heterocycles. The quantitative estimate of drug-likeness (QED) is 0.814. The topological polar surface area (TPSA) is 32.3 Å². The third kappa shape index (κ3) is 2.32. The lowest BCUT2D eigenvalue weighted by Gasteiger charge is -2.29. The van der Waals surface area contributed by atoms with Gasteiger partial charge in [-0.1, -0.05) is 18.9 Å². The number of rotatable bonds is 2. The lowest BCUT2D eigenvalue weighted by Crippen LogP contribution is -2.36. The van der Waals surface area contributed by atoms with Crippen LogP contribution in [-0.2, 0) is 0 Å². The molecule has 1 aromatic carbocycles. The first-order valence-corrected chi connectivity index (χ1v) is 5.57. The molecule has 2 N–H and O–H groups in total. The molecule has 0 saturated heterocycles. The maximum absolute atomic E-state index is 13.3. The third-order valence-electron chi connectivity index (χ3n) is 3.02. The molecule has 2 rings (SSSR count). The maximum Gasteiger partial charge on any atom is 0.149 e. The van der Waals surface area contributed by atoms with Gasteiger partial charge in [0, 0.05) is 0 Å². The summed E-state index contributed by atoms with van der Waals surface area (Å²) >= 11 is 0. The molecule has 1 saturated carbocycles. The van der Waals surface area contributed by atoms with Crippen molar-refractivity contribution in [2.24, 2.45) is 0 Å². The minimum absolute atomic E-state index is 0.131. The van der Waals surface area contributed by atoms with Crippen LogP contribution in [-0.4, -0.2) is 17.3 Å². The van der Waals surface area contributed by atoms with Crippen LogP contribution < -0.4 is 5.32 Å². The summed E-state index contributed by atoms with van der Waals surface area (Å²) in [5.74, 6) is -1.23. The van der Waals surface area contributed by atoms with E-state index in [0.717, 1.165) is 19.3 Å². The Hall–Kier alpha value is -1.16. The number of hydrogen-bond acceptors (Lipinski definition) is 2. The van der Waals surface area contributed by atoms with E-state index in [4.69, 9.17) is 0 Å². The first-order valence-electron chi connectivity index (χ1n) is 5.57. The van der Waals surface area contributed by atoms with Crippen LogP contribution in [0.3, 0.4) is 0 Å². The fourth-order valence-corrected chi connectivity index (χ4v) is 2.10. The van der Waals surface area contributed by atoms with E-state index in [-0.39, 0.29) is 11.7 Å². The predicted octanol–water partition coefficient (Wildman–Crippen LogP) is 2.68. The van der Waals surface area contributed by atoms with Gasteiger partial charge in [0.2, 0.25) is 0 Å². The molecule has 16 heavy (non-hydrogen) atoms. The number of aliphatic hydroxyl groups is 1. The van der Waals surface area contributed by atoms with Crippen molar-refractivity contribution >= 4 is 5.69 Å². The Labute approximate surface area is 93.3 Å². The highest BCUT2D eigenvalue weighted by Gasteiger charge is 2.24. The van der Waals surface area contributed by atoms with Crippen LogP contribution in [0.2, 0.25) is 0 Å². The summed E-state index contributed by atoms with van der Waals surface area (Å²) in [5, 5.41) is 12.5. The Balaban J connectivity index is 2.13. The molecule has 0 spiro atoms. The number of halogens is 2. The standard InChI is InChI=1S/C12H15F2NO/c13-8-4-3-5-9(14)12(8)15-10-6-1-2-7-11(10)16/h3-5,10-11,15-16H,1-2,6-7H2/t10-,11-/m0/s1. The fraction of sp³-hybridized carbons (Fsp3) is 0.500. The molecule has 0 unspecified atom stereocenters. The molecule has 0 amide bonds. The maximum atomic E-state index is 13.3. The molecule has 0 aliphatic heterocycles. The van der Waals surface area contributed by atoms with E-state index >= 15 is 0 Å². The smallest absolute Gasteiger partial charge is 0.149 e. The lowest BCUT2D eigenvalue weighted by atomic mass is 9.92. The normalized spacial score (nSPS) is 25.4. The van der Waals surface area contributed by atoms with E-state index in [2.05, 4.69) is 5.32 Å². The summed E-state index contributed by atoms with van der Waals surface area (Å²) in [5.41, 5.74) is -0.131. The molecule has 4 heteroatoms. The van der Waals surface area contributed by atoms with Gasteiger partial charge in [-0.25, -0.2) is 8.78 Å². The van der Waals surface area contributed by atoms with Gasteiger partial charge in [0.25, 0.3) is 0 Å². The van der Waals surface area contributed by atoms with Gasteiger partial charge in [0.1, 0.15) is 17.3 Å². The van der Waals surface area contributed by atoms with Crippen LogP contribution in [0, 0.1) is 11.6 Å². The number of nitrogens with one attached hydrogen (secondary N) is 1. The third-order valence-corrected chi connectivity index (χ3v) is 3.02. The molecule has 1 fully saturated rings. The highest BCUT2D eigenvalue weighted by molar-refractivity contribution is 5.47. The number of anilines is 1. The molecule has 1 aromatic rings. The lowest BCUT2D eigenvalue weighted by molar-refractivity contribution is 0.116. The number of aliphatic hydroxyl groups excluding tert-OH is 1. The zero-order valence-electron chi connectivity index (χ0n) is 8.92. The summed E-state index contributed by atoms with van der Waals surface area (Å²) in [6.07, 6.45) is 2.86. The highest BCUT2D eigenvalue weighted by Crippen LogP contribution is 2.25. The van der Waals surface area contributed by atoms with Crippen LogP contribution in [0.1, 0.15) is 25.7 Å². The van der Waals surface area contributed by atoms with Crippen LogP contribution in [0.15, 0.2) is 18.2 Å². The second-order valence-electron chi connectivity index (χ2n) is 4.20. The van der Waals surface area contributed by atoms with Crippen LogP contribution in [0.25, 0.3) is 0 Å². The predicted molar refractivity (Wildman–Crippen MR) is 58.2 cm³/mol. The van der Waals surface area contributed by atoms with Gasteiger partial charge >= 0.3 is 0 Å². The van der Waals surface area contributed by atoms with E-state index in [1.165, 1.54) is 18.2 Å². The van der Waals surface area contributed by atoms with Gasteiger partial charge in [-0.3, -0.25) is 0 Å². The summed E-state index contributed by atoms with van der Waals surface area (Å²) in [6, 6.07) is 3.49. The largest absolute Gasteiger partial charge is 0.391 e. The van der Waals surface area contributed by atoms with Gasteiger partial charge in [-0.05, 0) is 25.0 Å². The summed E-state index contributed by atoms with van der Waals surface area (Å²) < 4.78 is 26.7. The molecule has 1 aliphatic rings. The summed E-state index contributed by atoms with van der Waals surface area (Å²) in [7, 11) is 0. The number of para-hydroxylation sites is 1. The Morgan fingerprint density at radius 3 is 2.38 bits per heavy atom. The van der Waals surface area contributed by atoms with E-state index in [9.17, 15) is 13.9 Å². The highest BCUT2D eigenvalue weighted by atomic mass is 19.1. The zero-order valence-corrected chi connectivity index (χ0v) is 8.92. The fourth-order valence-electron chi connectivity index (χ4n) is 2.10. The molecule has 2 nitrogen and oxygen atoms in total. The molecule has 2 atom stereocenters. The van der Waals surface area contributed by atoms with E-state index in [1.807, 2.05) is 0 Å². The van der Waals surface area contributed by atoms with Crippen molar-refractivity contribution in [1.29, 1.82) is 0 Å². The van der Waals surface area contributed by atoms with Gasteiger partial charge in [0.15, 0.2) is 0 Å². The molecule has 88 valence electrons. The van der Waals surface area contributed by atoms with Crippen molar-refractivity contribution in [1.82, 2.24) is 0 Å². The average molecular weight is 227 g/mol. The van der Waals surface area contributed by atoms with E-state index < -0.39 is 17.7 Å². The second kappa shape index (κ2) is 4.78. The van der Waals surface area contributed by atoms with Crippen molar-refractivity contribution in [2.75, 3.05) is 5.32 Å². The first-order chi connectivity index (χ1) is 7.68. The minimum atomic E-state index is -0.613. The molecule has 1 aliphatic carbocycles. The molecule has 0 radical (unpaired) electrons. The minimum Gasteiger partial charge on any atom is -0.391 e. The Morgan fingerprint density at radius 1 is 1.12 bits per heavy atom. The van der Waals surface area contributed by atoms with Crippen molar-refractivity contribution < 1.29 is 13.9 Å². The van der Waals surface area contributed by atoms with Crippen LogP contribution >= 0.6 is 0 Å². The van der Waals surface area contributed by atoms with E-state index in [1.54, 1.807) is 0 Å². The Bertz CT molecular complexity index is 350. The molecular weight excluding hydrogens is 212 g/mol. The zero-order chi connectivity index (χ0) is 11.5. The van der Waals surface area contributed by atoms with Gasteiger partial charge in [-0.2, -0.15) is 0 Å². The summed E-state index contributed by atoms with van der Waals surface area (Å²) in [6.45, 7) is 0. The van der Waals surface area contributed by atoms with Crippen molar-refractivity contribution in [3.05, 3.63) is 29.8 Å². The summed E-state index contributed by atoms with van der Waals surface area (Å²) in [4.78, 5) is 0. The van der Waals surface area contributed by atoms with Crippen molar-refractivity contribution in [3.63, 3.8) is 0 Å². The molecule has 0 bridgehead atoms. The van der Waals surface area contributed by atoms with E-state index in [0.29, 0.717) is 6.42 Å².